The number of rotatable bonds is 6. The summed E-state index contributed by atoms with van der Waals surface area (Å²) < 4.78 is 0. The molecule has 5 nitrogen and oxygen atoms in total. The molecule has 1 N–H and O–H groups in total. The molecule has 2 heterocycles. The van der Waals surface area contributed by atoms with Crippen LogP contribution in [0.4, 0.5) is 0 Å². The summed E-state index contributed by atoms with van der Waals surface area (Å²) >= 11 is 0. The summed E-state index contributed by atoms with van der Waals surface area (Å²) in [6.45, 7) is 0.803. The fraction of sp³-hybridized carbons (Fsp3) is 0.137. The van der Waals surface area contributed by atoms with Crippen LogP contribution in [0.3, 0.4) is 0 Å². The average Bonchev–Trinajstić information content (AvgIpc) is 3.55. The minimum absolute atomic E-state index is 0.00678. The Bertz CT molecular complexity index is 2710. The van der Waals surface area contributed by atoms with Crippen LogP contribution in [0.25, 0.3) is 73.1 Å². The van der Waals surface area contributed by atoms with E-state index < -0.39 is 0 Å². The molecule has 1 spiro atoms. The lowest BCUT2D eigenvalue weighted by atomic mass is 9.67. The third-order valence-corrected chi connectivity index (χ3v) is 11.9. The minimum Gasteiger partial charge on any atom is -0.387 e. The van der Waals surface area contributed by atoms with Crippen LogP contribution in [0.1, 0.15) is 54.4 Å². The van der Waals surface area contributed by atoms with E-state index in [-0.39, 0.29) is 5.41 Å². The predicted octanol–water partition coefficient (Wildman–Crippen LogP) is 11.8. The highest BCUT2D eigenvalue weighted by Gasteiger charge is 2.44. The van der Waals surface area contributed by atoms with Gasteiger partial charge in [0.2, 0.25) is 0 Å². The molecule has 56 heavy (non-hydrogen) atoms. The number of benzene rings is 6. The van der Waals surface area contributed by atoms with Crippen molar-refractivity contribution < 1.29 is 0 Å². The Balaban J connectivity index is 1.00. The Kier molecular flexibility index (Phi) is 8.45. The van der Waals surface area contributed by atoms with E-state index in [0.717, 1.165) is 52.8 Å². The first-order chi connectivity index (χ1) is 27.7. The summed E-state index contributed by atoms with van der Waals surface area (Å²) in [5.74, 6) is 1.92. The van der Waals surface area contributed by atoms with Gasteiger partial charge in [-0.25, -0.2) is 15.0 Å². The molecule has 6 aromatic carbocycles. The van der Waals surface area contributed by atoms with Crippen LogP contribution in [-0.4, -0.2) is 21.5 Å². The summed E-state index contributed by atoms with van der Waals surface area (Å²) in [6.07, 6.45) is 12.1. The van der Waals surface area contributed by atoms with Crippen molar-refractivity contribution >= 4 is 5.57 Å². The average molecular weight is 722 g/mol. The zero-order valence-corrected chi connectivity index (χ0v) is 31.0. The number of fused-ring (bicyclic) bond motifs is 5. The molecule has 0 bridgehead atoms. The molecule has 7 aromatic rings. The van der Waals surface area contributed by atoms with E-state index >= 15 is 0 Å². The number of nitrogens with one attached hydrogen (secondary N) is 1. The SMILES string of the molecule is N#Cc1ccc2c(c1)C1(CCCCC1)c1cccc(-c3ccc(-c4cccc(-c5nc(-c6ccccc6)nc(-c6ccc(C7=CC=CNC7)cc6)n5)c4)cc3)c1-2. The van der Waals surface area contributed by atoms with Gasteiger partial charge in [0.25, 0.3) is 0 Å². The molecular formula is C51H39N5. The van der Waals surface area contributed by atoms with E-state index in [2.05, 4.69) is 121 Å². The summed E-state index contributed by atoms with van der Waals surface area (Å²) in [4.78, 5) is 15.0. The highest BCUT2D eigenvalue weighted by atomic mass is 15.0. The summed E-state index contributed by atoms with van der Waals surface area (Å²) in [5, 5.41) is 13.1. The lowest BCUT2D eigenvalue weighted by molar-refractivity contribution is 0.353. The van der Waals surface area contributed by atoms with Crippen molar-refractivity contribution in [1.29, 1.82) is 5.26 Å². The highest BCUT2D eigenvalue weighted by molar-refractivity contribution is 5.93. The molecule has 268 valence electrons. The van der Waals surface area contributed by atoms with Crippen LogP contribution < -0.4 is 5.32 Å². The molecule has 1 aromatic heterocycles. The zero-order chi connectivity index (χ0) is 37.5. The fourth-order valence-electron chi connectivity index (χ4n) is 9.07. The third kappa shape index (κ3) is 5.91. The predicted molar refractivity (Wildman–Crippen MR) is 226 cm³/mol. The number of nitrogens with zero attached hydrogens (tertiary/aromatic N) is 4. The molecule has 0 unspecified atom stereocenters. The molecule has 0 radical (unpaired) electrons. The first-order valence-corrected chi connectivity index (χ1v) is 19.6. The van der Waals surface area contributed by atoms with Gasteiger partial charge in [0, 0.05) is 28.7 Å². The number of hydrogen-bond acceptors (Lipinski definition) is 5. The molecule has 0 atom stereocenters. The number of dihydropyridines is 1. The van der Waals surface area contributed by atoms with Crippen LogP contribution in [-0.2, 0) is 5.41 Å². The van der Waals surface area contributed by atoms with Gasteiger partial charge in [0.1, 0.15) is 0 Å². The molecule has 3 aliphatic rings. The Labute approximate surface area is 327 Å². The molecule has 1 saturated carbocycles. The normalized spacial score (nSPS) is 15.0. The van der Waals surface area contributed by atoms with E-state index in [9.17, 15) is 5.26 Å². The van der Waals surface area contributed by atoms with Gasteiger partial charge in [-0.05, 0) is 99.0 Å². The third-order valence-electron chi connectivity index (χ3n) is 11.9. The molecule has 2 aliphatic carbocycles. The summed E-state index contributed by atoms with van der Waals surface area (Å²) in [6, 6.07) is 51.6. The summed E-state index contributed by atoms with van der Waals surface area (Å²) in [7, 11) is 0. The van der Waals surface area contributed by atoms with Gasteiger partial charge in [-0.3, -0.25) is 0 Å². The maximum absolute atomic E-state index is 9.81. The van der Waals surface area contributed by atoms with Crippen molar-refractivity contribution in [2.75, 3.05) is 6.54 Å². The van der Waals surface area contributed by atoms with Crippen LogP contribution in [0.2, 0.25) is 0 Å². The van der Waals surface area contributed by atoms with E-state index in [1.54, 1.807) is 0 Å². The van der Waals surface area contributed by atoms with Crippen LogP contribution in [0, 0.1) is 11.3 Å². The topological polar surface area (TPSA) is 74.5 Å². The first-order valence-electron chi connectivity index (χ1n) is 19.6. The van der Waals surface area contributed by atoms with Gasteiger partial charge >= 0.3 is 0 Å². The van der Waals surface area contributed by atoms with Gasteiger partial charge in [-0.15, -0.1) is 0 Å². The first kappa shape index (κ1) is 33.7. The molecule has 0 saturated heterocycles. The van der Waals surface area contributed by atoms with Crippen molar-refractivity contribution in [3.8, 4) is 73.6 Å². The maximum Gasteiger partial charge on any atom is 0.164 e. The number of allylic oxidation sites excluding steroid dienone is 2. The van der Waals surface area contributed by atoms with Crippen molar-refractivity contribution in [3.63, 3.8) is 0 Å². The van der Waals surface area contributed by atoms with E-state index in [0.29, 0.717) is 17.5 Å². The molecule has 10 rings (SSSR count). The van der Waals surface area contributed by atoms with Gasteiger partial charge in [-0.1, -0.05) is 147 Å². The number of aromatic nitrogens is 3. The van der Waals surface area contributed by atoms with Gasteiger partial charge in [0.05, 0.1) is 11.6 Å². The van der Waals surface area contributed by atoms with Crippen molar-refractivity contribution in [2.24, 2.45) is 0 Å². The quantitative estimate of drug-likeness (QED) is 0.185. The van der Waals surface area contributed by atoms with Crippen molar-refractivity contribution in [2.45, 2.75) is 37.5 Å². The molecule has 1 fully saturated rings. The summed E-state index contributed by atoms with van der Waals surface area (Å²) in [5.41, 5.74) is 16.0. The second-order valence-electron chi connectivity index (χ2n) is 15.1. The lowest BCUT2D eigenvalue weighted by Crippen LogP contribution is -2.28. The molecule has 0 amide bonds. The molecule has 1 aliphatic heterocycles. The van der Waals surface area contributed by atoms with Crippen molar-refractivity contribution in [3.05, 3.63) is 180 Å². The smallest absolute Gasteiger partial charge is 0.164 e. The lowest BCUT2D eigenvalue weighted by Gasteiger charge is -2.36. The van der Waals surface area contributed by atoms with E-state index in [1.807, 2.05) is 48.7 Å². The number of hydrogen-bond donors (Lipinski definition) is 1. The van der Waals surface area contributed by atoms with Gasteiger partial charge < -0.3 is 5.32 Å². The van der Waals surface area contributed by atoms with Crippen LogP contribution >= 0.6 is 0 Å². The van der Waals surface area contributed by atoms with E-state index in [4.69, 9.17) is 15.0 Å². The van der Waals surface area contributed by atoms with Crippen LogP contribution in [0.5, 0.6) is 0 Å². The number of nitriles is 1. The van der Waals surface area contributed by atoms with Gasteiger partial charge in [0.15, 0.2) is 17.5 Å². The van der Waals surface area contributed by atoms with E-state index in [1.165, 1.54) is 63.8 Å². The molecular weight excluding hydrogens is 683 g/mol. The molecule has 5 heteroatoms. The fourth-order valence-corrected chi connectivity index (χ4v) is 9.07. The minimum atomic E-state index is -0.00678. The Morgan fingerprint density at radius 2 is 1.16 bits per heavy atom. The maximum atomic E-state index is 9.81. The monoisotopic (exact) mass is 721 g/mol. The second-order valence-corrected chi connectivity index (χ2v) is 15.1. The standard InChI is InChI=1S/C51H39N5/c52-32-34-17-26-44-46(30-34)51(27-5-2-6-28-51)45-16-8-15-43(47(44)45)37-22-18-35(19-23-37)40-12-7-13-41(31-40)50-55-48(38-10-3-1-4-11-38)54-49(56-50)39-24-20-36(21-25-39)42-14-9-29-53-33-42/h1,3-4,7-26,29-31,53H,2,5-6,27-28,33H2. The Morgan fingerprint density at radius 1 is 0.518 bits per heavy atom. The van der Waals surface area contributed by atoms with Crippen molar-refractivity contribution in [1.82, 2.24) is 20.3 Å². The zero-order valence-electron chi connectivity index (χ0n) is 31.0. The Hall–Kier alpha value is -6.90. The second kappa shape index (κ2) is 14.1. The van der Waals surface area contributed by atoms with Gasteiger partial charge in [-0.2, -0.15) is 5.26 Å². The highest BCUT2D eigenvalue weighted by Crippen LogP contribution is 2.58. The van der Waals surface area contributed by atoms with Crippen LogP contribution in [0.15, 0.2) is 158 Å². The Morgan fingerprint density at radius 3 is 1.89 bits per heavy atom. The largest absolute Gasteiger partial charge is 0.387 e.